The molecule has 226 valence electrons. The average molecular weight is 559 g/mol. The molecule has 0 bridgehead atoms. The van der Waals surface area contributed by atoms with E-state index >= 15 is 0 Å². The van der Waals surface area contributed by atoms with E-state index in [2.05, 4.69) is 68.1 Å². The van der Waals surface area contributed by atoms with Crippen LogP contribution < -0.4 is 9.47 Å². The number of ether oxygens (including phenoxy) is 2. The minimum atomic E-state index is 0.749. The SMILES string of the molecule is C=CCCCCC1CCC(CCC2CCC(c3ccc(OCCCCCCOc4ccc(C)cc4)cc3)CC2)CC1. The molecule has 0 saturated heterocycles. The number of allylic oxidation sites excluding steroid dienone is 1. The van der Waals surface area contributed by atoms with Crippen molar-refractivity contribution in [2.75, 3.05) is 13.2 Å². The van der Waals surface area contributed by atoms with Gasteiger partial charge in [-0.25, -0.2) is 0 Å². The summed E-state index contributed by atoms with van der Waals surface area (Å²) in [5.74, 6) is 5.76. The Bertz CT molecular complexity index is 946. The molecular weight excluding hydrogens is 500 g/mol. The average Bonchev–Trinajstić information content (AvgIpc) is 3.02. The Morgan fingerprint density at radius 2 is 1.07 bits per heavy atom. The van der Waals surface area contributed by atoms with Gasteiger partial charge in [0.2, 0.25) is 0 Å². The Hall–Kier alpha value is -2.22. The molecule has 2 saturated carbocycles. The van der Waals surface area contributed by atoms with Crippen LogP contribution in [0.4, 0.5) is 0 Å². The molecule has 0 aromatic heterocycles. The van der Waals surface area contributed by atoms with Crippen LogP contribution in [0.25, 0.3) is 0 Å². The Balaban J connectivity index is 1.01. The van der Waals surface area contributed by atoms with Crippen LogP contribution in [0.15, 0.2) is 61.2 Å². The van der Waals surface area contributed by atoms with E-state index in [1.165, 1.54) is 114 Å². The molecule has 2 aliphatic rings. The largest absolute Gasteiger partial charge is 0.494 e. The molecule has 2 aromatic carbocycles. The fourth-order valence-corrected chi connectivity index (χ4v) is 7.19. The summed E-state index contributed by atoms with van der Waals surface area (Å²) in [5.41, 5.74) is 2.80. The van der Waals surface area contributed by atoms with Gasteiger partial charge < -0.3 is 9.47 Å². The molecule has 0 amide bonds. The van der Waals surface area contributed by atoms with E-state index in [0.29, 0.717) is 0 Å². The van der Waals surface area contributed by atoms with Gasteiger partial charge in [0.1, 0.15) is 11.5 Å². The third kappa shape index (κ3) is 11.9. The minimum Gasteiger partial charge on any atom is -0.494 e. The first-order chi connectivity index (χ1) is 20.2. The number of unbranched alkanes of at least 4 members (excludes halogenated alkanes) is 5. The number of aryl methyl sites for hydroxylation is 1. The Morgan fingerprint density at radius 1 is 0.585 bits per heavy atom. The normalized spacial score (nSPS) is 22.8. The summed E-state index contributed by atoms with van der Waals surface area (Å²) in [6.07, 6.45) is 26.6. The standard InChI is InChI=1S/C39H58O2/c1-3-4-5-8-11-33-14-16-34(17-15-33)18-19-35-20-22-36(23-21-35)37-24-28-39(29-25-37)41-31-10-7-6-9-30-40-38-26-12-32(2)13-27-38/h3,12-13,24-29,33-36H,1,4-11,14-23,30-31H2,2H3. The molecule has 4 rings (SSSR count). The van der Waals surface area contributed by atoms with E-state index in [4.69, 9.17) is 9.47 Å². The van der Waals surface area contributed by atoms with E-state index in [1.54, 1.807) is 0 Å². The molecular formula is C39H58O2. The lowest BCUT2D eigenvalue weighted by Crippen LogP contribution is -2.17. The highest BCUT2D eigenvalue weighted by molar-refractivity contribution is 5.30. The zero-order chi connectivity index (χ0) is 28.5. The fourth-order valence-electron chi connectivity index (χ4n) is 7.19. The molecule has 2 nitrogen and oxygen atoms in total. The molecule has 2 aliphatic carbocycles. The lowest BCUT2D eigenvalue weighted by molar-refractivity contribution is 0.222. The summed E-state index contributed by atoms with van der Waals surface area (Å²) in [7, 11) is 0. The maximum Gasteiger partial charge on any atom is 0.119 e. The van der Waals surface area contributed by atoms with Gasteiger partial charge in [0, 0.05) is 0 Å². The van der Waals surface area contributed by atoms with Crippen LogP contribution in [-0.2, 0) is 0 Å². The molecule has 0 spiro atoms. The third-order valence-electron chi connectivity index (χ3n) is 10.0. The second kappa shape index (κ2) is 18.3. The van der Waals surface area contributed by atoms with Crippen molar-refractivity contribution in [3.05, 3.63) is 72.3 Å². The Morgan fingerprint density at radius 3 is 1.61 bits per heavy atom. The zero-order valence-corrected chi connectivity index (χ0v) is 26.2. The number of rotatable bonds is 18. The highest BCUT2D eigenvalue weighted by atomic mass is 16.5. The van der Waals surface area contributed by atoms with Crippen molar-refractivity contribution in [1.82, 2.24) is 0 Å². The maximum absolute atomic E-state index is 6.04. The van der Waals surface area contributed by atoms with Crippen molar-refractivity contribution in [2.24, 2.45) is 17.8 Å². The van der Waals surface area contributed by atoms with Crippen LogP contribution in [0, 0.1) is 24.7 Å². The van der Waals surface area contributed by atoms with Crippen molar-refractivity contribution >= 4 is 0 Å². The van der Waals surface area contributed by atoms with Crippen molar-refractivity contribution in [3.8, 4) is 11.5 Å². The first-order valence-corrected chi connectivity index (χ1v) is 17.2. The van der Waals surface area contributed by atoms with Gasteiger partial charge in [0.15, 0.2) is 0 Å². The van der Waals surface area contributed by atoms with Crippen LogP contribution >= 0.6 is 0 Å². The van der Waals surface area contributed by atoms with E-state index < -0.39 is 0 Å². The van der Waals surface area contributed by atoms with Gasteiger partial charge in [-0.2, -0.15) is 0 Å². The van der Waals surface area contributed by atoms with Crippen molar-refractivity contribution in [1.29, 1.82) is 0 Å². The monoisotopic (exact) mass is 558 g/mol. The first-order valence-electron chi connectivity index (χ1n) is 17.2. The summed E-state index contributed by atoms with van der Waals surface area (Å²) >= 11 is 0. The molecule has 0 aliphatic heterocycles. The first kappa shape index (κ1) is 31.7. The predicted octanol–water partition coefficient (Wildman–Crippen LogP) is 11.6. The highest BCUT2D eigenvalue weighted by Crippen LogP contribution is 2.40. The molecule has 2 heteroatoms. The number of hydrogen-bond donors (Lipinski definition) is 0. The Labute approximate surface area is 252 Å². The minimum absolute atomic E-state index is 0.749. The van der Waals surface area contributed by atoms with Crippen molar-refractivity contribution in [2.45, 2.75) is 128 Å². The number of hydrogen-bond acceptors (Lipinski definition) is 2. The van der Waals surface area contributed by atoms with Crippen molar-refractivity contribution in [3.63, 3.8) is 0 Å². The molecule has 0 unspecified atom stereocenters. The van der Waals surface area contributed by atoms with Crippen molar-refractivity contribution < 1.29 is 9.47 Å². The number of benzene rings is 2. The summed E-state index contributed by atoms with van der Waals surface area (Å²) in [4.78, 5) is 0. The highest BCUT2D eigenvalue weighted by Gasteiger charge is 2.25. The molecule has 0 heterocycles. The fraction of sp³-hybridized carbons (Fsp3) is 0.641. The van der Waals surface area contributed by atoms with E-state index in [0.717, 1.165) is 61.2 Å². The molecule has 0 atom stereocenters. The second-order valence-corrected chi connectivity index (χ2v) is 13.2. The van der Waals surface area contributed by atoms with Crippen LogP contribution in [0.2, 0.25) is 0 Å². The van der Waals surface area contributed by atoms with Gasteiger partial charge in [-0.15, -0.1) is 6.58 Å². The lowest BCUT2D eigenvalue weighted by Gasteiger charge is -2.32. The molecule has 0 radical (unpaired) electrons. The van der Waals surface area contributed by atoms with Crippen LogP contribution in [-0.4, -0.2) is 13.2 Å². The molecule has 2 aromatic rings. The van der Waals surface area contributed by atoms with Gasteiger partial charge in [-0.1, -0.05) is 87.3 Å². The lowest BCUT2D eigenvalue weighted by atomic mass is 9.74. The summed E-state index contributed by atoms with van der Waals surface area (Å²) in [5, 5.41) is 0. The smallest absolute Gasteiger partial charge is 0.119 e. The van der Waals surface area contributed by atoms with Gasteiger partial charge in [-0.05, 0) is 125 Å². The van der Waals surface area contributed by atoms with Gasteiger partial charge >= 0.3 is 0 Å². The summed E-state index contributed by atoms with van der Waals surface area (Å²) < 4.78 is 11.9. The zero-order valence-electron chi connectivity index (χ0n) is 26.2. The predicted molar refractivity (Wildman–Crippen MR) is 175 cm³/mol. The molecule has 2 fully saturated rings. The van der Waals surface area contributed by atoms with E-state index in [9.17, 15) is 0 Å². The quantitative estimate of drug-likeness (QED) is 0.134. The van der Waals surface area contributed by atoms with Crippen LogP contribution in [0.5, 0.6) is 11.5 Å². The topological polar surface area (TPSA) is 18.5 Å². The van der Waals surface area contributed by atoms with Crippen LogP contribution in [0.1, 0.15) is 133 Å². The van der Waals surface area contributed by atoms with Gasteiger partial charge in [0.25, 0.3) is 0 Å². The second-order valence-electron chi connectivity index (χ2n) is 13.2. The molecule has 41 heavy (non-hydrogen) atoms. The summed E-state index contributed by atoms with van der Waals surface area (Å²) in [6.45, 7) is 7.56. The van der Waals surface area contributed by atoms with Gasteiger partial charge in [0.05, 0.1) is 13.2 Å². The maximum atomic E-state index is 6.04. The Kier molecular flexibility index (Phi) is 14.2. The molecule has 0 N–H and O–H groups in total. The third-order valence-corrected chi connectivity index (χ3v) is 10.0. The van der Waals surface area contributed by atoms with E-state index in [1.807, 2.05) is 0 Å². The summed E-state index contributed by atoms with van der Waals surface area (Å²) in [6, 6.07) is 17.4. The van der Waals surface area contributed by atoms with Crippen LogP contribution in [0.3, 0.4) is 0 Å². The van der Waals surface area contributed by atoms with Gasteiger partial charge in [-0.3, -0.25) is 0 Å². The van der Waals surface area contributed by atoms with E-state index in [-0.39, 0.29) is 0 Å².